The molecule has 16 heavy (non-hydrogen) atoms. The number of benzene rings is 1. The normalized spacial score (nSPS) is 10.4. The molecule has 0 amide bonds. The first-order chi connectivity index (χ1) is 7.76. The van der Waals surface area contributed by atoms with E-state index >= 15 is 0 Å². The van der Waals surface area contributed by atoms with Crippen molar-refractivity contribution in [2.75, 3.05) is 13.7 Å². The van der Waals surface area contributed by atoms with Crippen LogP contribution in [0.25, 0.3) is 0 Å². The summed E-state index contributed by atoms with van der Waals surface area (Å²) in [5.74, 6) is 0.837. The van der Waals surface area contributed by atoms with Gasteiger partial charge >= 0.3 is 0 Å². The van der Waals surface area contributed by atoms with E-state index in [4.69, 9.17) is 4.74 Å². The number of ether oxygens (including phenoxy) is 1. The first-order valence-electron chi connectivity index (χ1n) is 5.22. The summed E-state index contributed by atoms with van der Waals surface area (Å²) < 4.78 is 5.54. The molecule has 0 aliphatic heterocycles. The Morgan fingerprint density at radius 3 is 2.62 bits per heavy atom. The number of rotatable bonds is 6. The third-order valence-corrected chi connectivity index (χ3v) is 2.13. The molecule has 0 unspecified atom stereocenters. The second kappa shape index (κ2) is 6.67. The van der Waals surface area contributed by atoms with E-state index in [0.29, 0.717) is 6.61 Å². The van der Waals surface area contributed by atoms with Crippen LogP contribution in [0.3, 0.4) is 0 Å². The van der Waals surface area contributed by atoms with Gasteiger partial charge in [0.2, 0.25) is 0 Å². The molecule has 0 saturated carbocycles. The van der Waals surface area contributed by atoms with Gasteiger partial charge in [-0.15, -0.1) is 0 Å². The number of hydrogen-bond acceptors (Lipinski definition) is 3. The van der Waals surface area contributed by atoms with Gasteiger partial charge < -0.3 is 9.57 Å². The van der Waals surface area contributed by atoms with Crippen molar-refractivity contribution in [1.29, 1.82) is 0 Å². The molecule has 3 heteroatoms. The third-order valence-electron chi connectivity index (χ3n) is 2.13. The minimum Gasteiger partial charge on any atom is -0.489 e. The van der Waals surface area contributed by atoms with Crippen LogP contribution in [0.15, 0.2) is 41.6 Å². The predicted molar refractivity (Wildman–Crippen MR) is 66.0 cm³/mol. The summed E-state index contributed by atoms with van der Waals surface area (Å²) in [6.07, 6.45) is 2.59. The van der Waals surface area contributed by atoms with Crippen molar-refractivity contribution >= 4 is 6.21 Å². The molecule has 86 valence electrons. The van der Waals surface area contributed by atoms with Crippen LogP contribution in [-0.2, 0) is 4.84 Å². The molecule has 0 aliphatic rings. The highest BCUT2D eigenvalue weighted by molar-refractivity contribution is 5.79. The van der Waals surface area contributed by atoms with Gasteiger partial charge in [0.1, 0.15) is 19.5 Å². The molecule has 0 aliphatic carbocycles. The monoisotopic (exact) mass is 219 g/mol. The zero-order valence-electron chi connectivity index (χ0n) is 9.77. The van der Waals surface area contributed by atoms with Gasteiger partial charge in [0.25, 0.3) is 0 Å². The lowest BCUT2D eigenvalue weighted by Crippen LogP contribution is -1.99. The number of nitrogens with zero attached hydrogens (tertiary/aromatic N) is 1. The third kappa shape index (κ3) is 4.17. The molecular formula is C13H17NO2. The maximum absolute atomic E-state index is 5.54. The molecule has 0 heterocycles. The summed E-state index contributed by atoms with van der Waals surface area (Å²) in [5.41, 5.74) is 2.06. The second-order valence-corrected chi connectivity index (χ2v) is 3.38. The van der Waals surface area contributed by atoms with Gasteiger partial charge in [-0.05, 0) is 41.8 Å². The Morgan fingerprint density at radius 2 is 2.06 bits per heavy atom. The first-order valence-corrected chi connectivity index (χ1v) is 5.22. The van der Waals surface area contributed by atoms with E-state index in [2.05, 4.69) is 23.5 Å². The minimum absolute atomic E-state index is 0.571. The quantitative estimate of drug-likeness (QED) is 0.418. The molecule has 0 fully saturated rings. The predicted octanol–water partition coefficient (Wildman–Crippen LogP) is 3.01. The van der Waals surface area contributed by atoms with Crippen LogP contribution in [0.2, 0.25) is 0 Å². The Morgan fingerprint density at radius 1 is 1.38 bits per heavy atom. The lowest BCUT2D eigenvalue weighted by Gasteiger charge is -2.06. The lowest BCUT2D eigenvalue weighted by atomic mass is 10.2. The molecule has 0 radical (unpaired) electrons. The van der Waals surface area contributed by atoms with Crippen molar-refractivity contribution in [2.24, 2.45) is 5.16 Å². The van der Waals surface area contributed by atoms with Gasteiger partial charge in [0.15, 0.2) is 0 Å². The lowest BCUT2D eigenvalue weighted by molar-refractivity contribution is 0.215. The largest absolute Gasteiger partial charge is 0.489 e. The topological polar surface area (TPSA) is 30.8 Å². The molecule has 0 atom stereocenters. The van der Waals surface area contributed by atoms with Crippen LogP contribution in [0.5, 0.6) is 5.75 Å². The van der Waals surface area contributed by atoms with Gasteiger partial charge in [0.05, 0.1) is 6.21 Å². The van der Waals surface area contributed by atoms with E-state index in [-0.39, 0.29) is 0 Å². The van der Waals surface area contributed by atoms with Crippen molar-refractivity contribution in [3.8, 4) is 5.75 Å². The Kier molecular flexibility index (Phi) is 5.12. The van der Waals surface area contributed by atoms with E-state index < -0.39 is 0 Å². The molecule has 3 nitrogen and oxygen atoms in total. The molecule has 1 aromatic carbocycles. The molecular weight excluding hydrogens is 202 g/mol. The summed E-state index contributed by atoms with van der Waals surface area (Å²) in [6, 6.07) is 7.65. The second-order valence-electron chi connectivity index (χ2n) is 3.38. The van der Waals surface area contributed by atoms with Gasteiger partial charge in [-0.25, -0.2) is 0 Å². The van der Waals surface area contributed by atoms with Crippen LogP contribution in [0.4, 0.5) is 0 Å². The minimum atomic E-state index is 0.571. The summed E-state index contributed by atoms with van der Waals surface area (Å²) >= 11 is 0. The van der Waals surface area contributed by atoms with Crippen molar-refractivity contribution in [3.63, 3.8) is 0 Å². The highest BCUT2D eigenvalue weighted by atomic mass is 16.6. The van der Waals surface area contributed by atoms with E-state index in [1.165, 1.54) is 7.11 Å². The van der Waals surface area contributed by atoms with Crippen LogP contribution in [-0.4, -0.2) is 19.9 Å². The summed E-state index contributed by atoms with van der Waals surface area (Å²) in [6.45, 7) is 6.52. The highest BCUT2D eigenvalue weighted by Gasteiger charge is 1.95. The van der Waals surface area contributed by atoms with Gasteiger partial charge in [0, 0.05) is 0 Å². The van der Waals surface area contributed by atoms with Gasteiger partial charge in [-0.2, -0.15) is 0 Å². The first kappa shape index (κ1) is 12.3. The molecule has 1 rings (SSSR count). The molecule has 0 saturated heterocycles. The van der Waals surface area contributed by atoms with Crippen LogP contribution < -0.4 is 4.74 Å². The van der Waals surface area contributed by atoms with Gasteiger partial charge in [-0.1, -0.05) is 18.7 Å². The average molecular weight is 219 g/mol. The summed E-state index contributed by atoms with van der Waals surface area (Å²) in [7, 11) is 1.52. The highest BCUT2D eigenvalue weighted by Crippen LogP contribution is 2.12. The number of hydrogen-bond donors (Lipinski definition) is 0. The molecule has 0 aromatic heterocycles. The Labute approximate surface area is 96.4 Å². The molecule has 0 N–H and O–H groups in total. The van der Waals surface area contributed by atoms with Gasteiger partial charge in [-0.3, -0.25) is 0 Å². The molecule has 0 bridgehead atoms. The maximum atomic E-state index is 5.54. The smallest absolute Gasteiger partial charge is 0.119 e. The van der Waals surface area contributed by atoms with E-state index in [1.807, 2.05) is 24.3 Å². The Balaban J connectivity index is 2.51. The van der Waals surface area contributed by atoms with Crippen molar-refractivity contribution in [2.45, 2.75) is 13.3 Å². The Hall–Kier alpha value is -1.77. The van der Waals surface area contributed by atoms with Crippen LogP contribution >= 0.6 is 0 Å². The summed E-state index contributed by atoms with van der Waals surface area (Å²) in [5, 5.41) is 3.68. The van der Waals surface area contributed by atoms with Crippen LogP contribution in [0.1, 0.15) is 18.9 Å². The SMILES string of the molecule is C=C(CC)COc1ccc(/C=N/OC)cc1. The van der Waals surface area contributed by atoms with Crippen LogP contribution in [0, 0.1) is 0 Å². The van der Waals surface area contributed by atoms with Crippen molar-refractivity contribution in [1.82, 2.24) is 0 Å². The van der Waals surface area contributed by atoms with E-state index in [1.54, 1.807) is 6.21 Å². The standard InChI is InChI=1S/C13H17NO2/c1-4-11(2)10-16-13-7-5-12(6-8-13)9-14-15-3/h5-9H,2,4,10H2,1,3H3/b14-9+. The fraction of sp³-hybridized carbons (Fsp3) is 0.308. The Bertz CT molecular complexity index is 355. The molecule has 1 aromatic rings. The zero-order valence-corrected chi connectivity index (χ0v) is 9.77. The average Bonchev–Trinajstić information content (AvgIpc) is 2.34. The van der Waals surface area contributed by atoms with Crippen molar-refractivity contribution in [3.05, 3.63) is 42.0 Å². The summed E-state index contributed by atoms with van der Waals surface area (Å²) in [4.78, 5) is 4.60. The number of oxime groups is 1. The zero-order chi connectivity index (χ0) is 11.8. The van der Waals surface area contributed by atoms with E-state index in [0.717, 1.165) is 23.3 Å². The van der Waals surface area contributed by atoms with Crippen molar-refractivity contribution < 1.29 is 9.57 Å². The fourth-order valence-corrected chi connectivity index (χ4v) is 1.05. The fourth-order valence-electron chi connectivity index (χ4n) is 1.05. The van der Waals surface area contributed by atoms with E-state index in [9.17, 15) is 0 Å². The maximum Gasteiger partial charge on any atom is 0.119 e. The molecule has 0 spiro atoms.